The van der Waals surface area contributed by atoms with Crippen molar-refractivity contribution < 1.29 is 0 Å². The van der Waals surface area contributed by atoms with E-state index in [1.54, 1.807) is 11.1 Å². The minimum Gasteiger partial charge on any atom is -0.129 e. The van der Waals surface area contributed by atoms with Crippen LogP contribution in [0.25, 0.3) is 0 Å². The molecule has 0 N–H and O–H groups in total. The molecule has 0 saturated carbocycles. The second-order valence-electron chi connectivity index (χ2n) is 5.34. The highest BCUT2D eigenvalue weighted by atomic mass is 79.9. The second kappa shape index (κ2) is 6.36. The molecule has 0 heterocycles. The van der Waals surface area contributed by atoms with Crippen LogP contribution in [0.2, 0.25) is 0 Å². The Morgan fingerprint density at radius 1 is 1.00 bits per heavy atom. The van der Waals surface area contributed by atoms with Gasteiger partial charge in [-0.05, 0) is 60.3 Å². The fraction of sp³-hybridized carbons (Fsp3) is 0.333. The molecule has 1 unspecified atom stereocenters. The van der Waals surface area contributed by atoms with Gasteiger partial charge in [-0.25, -0.2) is 0 Å². The molecule has 20 heavy (non-hydrogen) atoms. The molecule has 0 radical (unpaired) electrons. The highest BCUT2D eigenvalue weighted by Gasteiger charge is 2.16. The van der Waals surface area contributed by atoms with Crippen LogP contribution in [0.3, 0.4) is 0 Å². The van der Waals surface area contributed by atoms with Crippen molar-refractivity contribution in [1.82, 2.24) is 0 Å². The first-order valence-corrected chi connectivity index (χ1v) is 9.32. The number of alkyl halides is 1. The Morgan fingerprint density at radius 3 is 2.55 bits per heavy atom. The summed E-state index contributed by atoms with van der Waals surface area (Å²) in [4.78, 5) is 1.64. The summed E-state index contributed by atoms with van der Waals surface area (Å²) in [5.41, 5.74) is 5.86. The summed E-state index contributed by atoms with van der Waals surface area (Å²) in [5.74, 6) is 0. The number of rotatable bonds is 3. The topological polar surface area (TPSA) is 0 Å². The predicted octanol–water partition coefficient (Wildman–Crippen LogP) is 5.77. The van der Waals surface area contributed by atoms with Crippen LogP contribution in [0.1, 0.15) is 39.9 Å². The zero-order chi connectivity index (χ0) is 13.9. The third kappa shape index (κ3) is 2.82. The third-order valence-electron chi connectivity index (χ3n) is 4.08. The smallest absolute Gasteiger partial charge is 0.0655 e. The van der Waals surface area contributed by atoms with Crippen LogP contribution in [-0.2, 0) is 12.8 Å². The zero-order valence-corrected chi connectivity index (χ0v) is 14.1. The predicted molar refractivity (Wildman–Crippen MR) is 92.1 cm³/mol. The fourth-order valence-electron chi connectivity index (χ4n) is 2.97. The summed E-state index contributed by atoms with van der Waals surface area (Å²) < 4.78 is 0. The van der Waals surface area contributed by atoms with Crippen LogP contribution in [0.4, 0.5) is 0 Å². The fourth-order valence-corrected chi connectivity index (χ4v) is 4.44. The molecule has 1 aliphatic carbocycles. The SMILES string of the molecule is CSc1ccccc1C(Br)c1ccc2c(c1)CCCC2. The normalized spacial score (nSPS) is 15.7. The Labute approximate surface area is 134 Å². The van der Waals surface area contributed by atoms with Crippen LogP contribution in [0.5, 0.6) is 0 Å². The van der Waals surface area contributed by atoms with Crippen LogP contribution >= 0.6 is 27.7 Å². The summed E-state index contributed by atoms with van der Waals surface area (Å²) in [6.45, 7) is 0. The van der Waals surface area contributed by atoms with Gasteiger partial charge in [-0.1, -0.05) is 52.3 Å². The first-order valence-electron chi connectivity index (χ1n) is 7.18. The molecule has 1 atom stereocenters. The Kier molecular flexibility index (Phi) is 4.52. The Balaban J connectivity index is 1.96. The van der Waals surface area contributed by atoms with Crippen molar-refractivity contribution in [2.75, 3.05) is 6.26 Å². The van der Waals surface area contributed by atoms with Crippen molar-refractivity contribution in [3.8, 4) is 0 Å². The van der Waals surface area contributed by atoms with E-state index in [1.807, 2.05) is 11.8 Å². The van der Waals surface area contributed by atoms with Crippen LogP contribution in [0.15, 0.2) is 47.4 Å². The van der Waals surface area contributed by atoms with Gasteiger partial charge in [-0.3, -0.25) is 0 Å². The lowest BCUT2D eigenvalue weighted by atomic mass is 9.89. The molecule has 2 heteroatoms. The van der Waals surface area contributed by atoms with Gasteiger partial charge in [0.05, 0.1) is 4.83 Å². The molecule has 2 aromatic rings. The molecule has 0 fully saturated rings. The van der Waals surface area contributed by atoms with Crippen molar-refractivity contribution in [2.45, 2.75) is 35.4 Å². The van der Waals surface area contributed by atoms with E-state index >= 15 is 0 Å². The van der Waals surface area contributed by atoms with Crippen molar-refractivity contribution >= 4 is 27.7 Å². The average Bonchev–Trinajstić information content (AvgIpc) is 2.53. The zero-order valence-electron chi connectivity index (χ0n) is 11.7. The summed E-state index contributed by atoms with van der Waals surface area (Å²) in [7, 11) is 0. The van der Waals surface area contributed by atoms with Crippen LogP contribution < -0.4 is 0 Å². The van der Waals surface area contributed by atoms with Gasteiger partial charge in [0, 0.05) is 4.90 Å². The van der Waals surface area contributed by atoms with Gasteiger partial charge >= 0.3 is 0 Å². The molecule has 0 spiro atoms. The minimum absolute atomic E-state index is 0.290. The van der Waals surface area contributed by atoms with Crippen LogP contribution in [-0.4, -0.2) is 6.26 Å². The molecule has 3 rings (SSSR count). The molecule has 0 bridgehead atoms. The molecule has 2 aromatic carbocycles. The quantitative estimate of drug-likeness (QED) is 0.502. The Morgan fingerprint density at radius 2 is 1.75 bits per heavy atom. The van der Waals surface area contributed by atoms with E-state index in [1.165, 1.54) is 41.7 Å². The van der Waals surface area contributed by atoms with Gasteiger partial charge in [0.15, 0.2) is 0 Å². The van der Waals surface area contributed by atoms with Crippen molar-refractivity contribution in [3.05, 3.63) is 64.7 Å². The molecule has 104 valence electrons. The highest BCUT2D eigenvalue weighted by Crippen LogP contribution is 2.37. The molecule has 0 aromatic heterocycles. The van der Waals surface area contributed by atoms with E-state index in [4.69, 9.17) is 0 Å². The van der Waals surface area contributed by atoms with Gasteiger partial charge in [-0.2, -0.15) is 0 Å². The van der Waals surface area contributed by atoms with E-state index in [9.17, 15) is 0 Å². The molecule has 0 saturated heterocycles. The standard InChI is InChI=1S/C18H19BrS/c1-20-17-9-5-4-8-16(17)18(19)15-11-10-13-6-2-3-7-14(13)12-15/h4-5,8-12,18H,2-3,6-7H2,1H3. The van der Waals surface area contributed by atoms with Gasteiger partial charge in [0.1, 0.15) is 0 Å². The van der Waals surface area contributed by atoms with Gasteiger partial charge in [0.25, 0.3) is 0 Å². The first-order chi connectivity index (χ1) is 9.79. The van der Waals surface area contributed by atoms with E-state index < -0.39 is 0 Å². The lowest BCUT2D eigenvalue weighted by Gasteiger charge is -2.19. The van der Waals surface area contributed by atoms with Crippen LogP contribution in [0, 0.1) is 0 Å². The van der Waals surface area contributed by atoms with Gasteiger partial charge in [0.2, 0.25) is 0 Å². The minimum atomic E-state index is 0.290. The van der Waals surface area contributed by atoms with E-state index in [2.05, 4.69) is 64.7 Å². The molecule has 0 aliphatic heterocycles. The molecular formula is C18H19BrS. The number of thioether (sulfide) groups is 1. The molecule has 0 nitrogen and oxygen atoms in total. The second-order valence-corrected chi connectivity index (χ2v) is 7.10. The summed E-state index contributed by atoms with van der Waals surface area (Å²) >= 11 is 5.72. The maximum atomic E-state index is 3.90. The third-order valence-corrected chi connectivity index (χ3v) is 5.91. The number of fused-ring (bicyclic) bond motifs is 1. The molecule has 0 amide bonds. The maximum absolute atomic E-state index is 3.90. The maximum Gasteiger partial charge on any atom is 0.0655 e. The summed E-state index contributed by atoms with van der Waals surface area (Å²) in [6, 6.07) is 15.7. The number of benzene rings is 2. The number of halogens is 1. The number of hydrogen-bond donors (Lipinski definition) is 0. The van der Waals surface area contributed by atoms with E-state index in [0.29, 0.717) is 4.83 Å². The largest absolute Gasteiger partial charge is 0.129 e. The first kappa shape index (κ1) is 14.2. The molecule has 1 aliphatic rings. The molecular weight excluding hydrogens is 328 g/mol. The van der Waals surface area contributed by atoms with Crippen molar-refractivity contribution in [3.63, 3.8) is 0 Å². The average molecular weight is 347 g/mol. The van der Waals surface area contributed by atoms with Crippen molar-refractivity contribution in [1.29, 1.82) is 0 Å². The number of aryl methyl sites for hydroxylation is 2. The lowest BCUT2D eigenvalue weighted by molar-refractivity contribution is 0.684. The van der Waals surface area contributed by atoms with E-state index in [-0.39, 0.29) is 0 Å². The lowest BCUT2D eigenvalue weighted by Crippen LogP contribution is -2.04. The Hall–Kier alpha value is -0.730. The Bertz CT molecular complexity index is 606. The van der Waals surface area contributed by atoms with Crippen molar-refractivity contribution in [2.24, 2.45) is 0 Å². The number of hydrogen-bond acceptors (Lipinski definition) is 1. The van der Waals surface area contributed by atoms with Gasteiger partial charge in [-0.15, -0.1) is 11.8 Å². The highest BCUT2D eigenvalue weighted by molar-refractivity contribution is 9.09. The summed E-state index contributed by atoms with van der Waals surface area (Å²) in [6.07, 6.45) is 7.33. The summed E-state index contributed by atoms with van der Waals surface area (Å²) in [5, 5.41) is 0. The van der Waals surface area contributed by atoms with E-state index in [0.717, 1.165) is 0 Å². The monoisotopic (exact) mass is 346 g/mol. The van der Waals surface area contributed by atoms with Gasteiger partial charge < -0.3 is 0 Å².